The Morgan fingerprint density at radius 3 is 2.89 bits per heavy atom. The lowest BCUT2D eigenvalue weighted by Gasteiger charge is -2.15. The molecule has 0 aliphatic carbocycles. The Kier molecular flexibility index (Phi) is 3.63. The van der Waals surface area contributed by atoms with Crippen LogP contribution in [0.3, 0.4) is 0 Å². The van der Waals surface area contributed by atoms with E-state index >= 15 is 0 Å². The van der Waals surface area contributed by atoms with Gasteiger partial charge in [-0.05, 0) is 31.0 Å². The molecule has 2 atom stereocenters. The van der Waals surface area contributed by atoms with Crippen molar-refractivity contribution in [3.8, 4) is 6.07 Å². The number of rotatable bonds is 2. The van der Waals surface area contributed by atoms with Crippen LogP contribution >= 0.6 is 0 Å². The quantitative estimate of drug-likeness (QED) is 0.830. The summed E-state index contributed by atoms with van der Waals surface area (Å²) >= 11 is 0. The second kappa shape index (κ2) is 5.19. The van der Waals surface area contributed by atoms with Crippen molar-refractivity contribution in [3.05, 3.63) is 29.3 Å². The van der Waals surface area contributed by atoms with Crippen LogP contribution in [0.1, 0.15) is 18.1 Å². The average molecular weight is 243 g/mol. The first-order valence-electron chi connectivity index (χ1n) is 6.14. The topological polar surface area (TPSA) is 64.9 Å². The summed E-state index contributed by atoms with van der Waals surface area (Å²) in [6, 6.07) is 7.63. The molecule has 0 radical (unpaired) electrons. The third kappa shape index (κ3) is 2.36. The zero-order valence-corrected chi connectivity index (χ0v) is 10.7. The van der Waals surface area contributed by atoms with Crippen LogP contribution < -0.4 is 10.6 Å². The lowest BCUT2D eigenvalue weighted by Crippen LogP contribution is -2.28. The summed E-state index contributed by atoms with van der Waals surface area (Å²) < 4.78 is 0. The van der Waals surface area contributed by atoms with Crippen LogP contribution in [0.2, 0.25) is 0 Å². The van der Waals surface area contributed by atoms with Crippen LogP contribution in [0.5, 0.6) is 0 Å². The third-order valence-corrected chi connectivity index (χ3v) is 3.50. The van der Waals surface area contributed by atoms with Crippen LogP contribution in [0.4, 0.5) is 5.69 Å². The van der Waals surface area contributed by atoms with Gasteiger partial charge < -0.3 is 10.6 Å². The first-order valence-corrected chi connectivity index (χ1v) is 6.14. The molecule has 1 fully saturated rings. The Morgan fingerprint density at radius 1 is 1.50 bits per heavy atom. The maximum absolute atomic E-state index is 12.1. The van der Waals surface area contributed by atoms with Crippen LogP contribution in [0, 0.1) is 30.1 Å². The van der Waals surface area contributed by atoms with Gasteiger partial charge in [0.05, 0.1) is 17.2 Å². The van der Waals surface area contributed by atoms with Gasteiger partial charge in [-0.2, -0.15) is 5.26 Å². The predicted octanol–water partition coefficient (Wildman–Crippen LogP) is 1.66. The van der Waals surface area contributed by atoms with Gasteiger partial charge in [0.15, 0.2) is 0 Å². The van der Waals surface area contributed by atoms with Crippen LogP contribution in [0.25, 0.3) is 0 Å². The lowest BCUT2D eigenvalue weighted by atomic mass is 9.97. The van der Waals surface area contributed by atoms with E-state index < -0.39 is 0 Å². The number of carbonyl (C=O) groups excluding carboxylic acids is 1. The molecule has 4 nitrogen and oxygen atoms in total. The number of anilines is 1. The zero-order chi connectivity index (χ0) is 13.1. The molecule has 0 bridgehead atoms. The van der Waals surface area contributed by atoms with E-state index in [9.17, 15) is 4.79 Å². The molecule has 2 rings (SSSR count). The van der Waals surface area contributed by atoms with Gasteiger partial charge in [-0.25, -0.2) is 0 Å². The fourth-order valence-corrected chi connectivity index (χ4v) is 2.31. The Morgan fingerprint density at radius 2 is 2.28 bits per heavy atom. The molecule has 2 unspecified atom stereocenters. The second-order valence-electron chi connectivity index (χ2n) is 4.84. The molecule has 1 aliphatic heterocycles. The molecule has 2 N–H and O–H groups in total. The Bertz CT molecular complexity index is 504. The molecule has 1 aromatic rings. The molecule has 18 heavy (non-hydrogen) atoms. The van der Waals surface area contributed by atoms with Crippen LogP contribution in [-0.2, 0) is 4.79 Å². The standard InChI is InChI=1S/C14H17N3O/c1-9-4-3-5-13(11(9)6-15)17-14(18)12-8-16-7-10(12)2/h3-5,10,12,16H,7-8H2,1-2H3,(H,17,18). The predicted molar refractivity (Wildman–Crippen MR) is 70.0 cm³/mol. The molecule has 1 saturated heterocycles. The third-order valence-electron chi connectivity index (χ3n) is 3.50. The summed E-state index contributed by atoms with van der Waals surface area (Å²) in [7, 11) is 0. The molecule has 94 valence electrons. The number of benzene rings is 1. The number of hydrogen-bond donors (Lipinski definition) is 2. The van der Waals surface area contributed by atoms with Gasteiger partial charge >= 0.3 is 0 Å². The highest BCUT2D eigenvalue weighted by Gasteiger charge is 2.29. The summed E-state index contributed by atoms with van der Waals surface area (Å²) in [5.41, 5.74) is 2.04. The highest BCUT2D eigenvalue weighted by atomic mass is 16.1. The minimum atomic E-state index is -0.0166. The highest BCUT2D eigenvalue weighted by molar-refractivity contribution is 5.94. The number of hydrogen-bond acceptors (Lipinski definition) is 3. The van der Waals surface area contributed by atoms with E-state index in [1.807, 2.05) is 19.1 Å². The van der Waals surface area contributed by atoms with E-state index in [2.05, 4.69) is 23.6 Å². The summed E-state index contributed by atoms with van der Waals surface area (Å²) in [4.78, 5) is 12.1. The van der Waals surface area contributed by atoms with Crippen molar-refractivity contribution in [2.75, 3.05) is 18.4 Å². The minimum absolute atomic E-state index is 0.00500. The maximum Gasteiger partial charge on any atom is 0.229 e. The van der Waals surface area contributed by atoms with Gasteiger partial charge in [-0.3, -0.25) is 4.79 Å². The highest BCUT2D eigenvalue weighted by Crippen LogP contribution is 2.22. The molecule has 0 spiro atoms. The number of amides is 1. The largest absolute Gasteiger partial charge is 0.325 e. The van der Waals surface area contributed by atoms with Crippen molar-refractivity contribution in [3.63, 3.8) is 0 Å². The van der Waals surface area contributed by atoms with Crippen molar-refractivity contribution in [1.82, 2.24) is 5.32 Å². The number of nitrogens with zero attached hydrogens (tertiary/aromatic N) is 1. The van der Waals surface area contributed by atoms with Crippen LogP contribution in [-0.4, -0.2) is 19.0 Å². The van der Waals surface area contributed by atoms with Crippen molar-refractivity contribution in [1.29, 1.82) is 5.26 Å². The molecule has 0 saturated carbocycles. The van der Waals surface area contributed by atoms with Gasteiger partial charge in [0, 0.05) is 6.54 Å². The summed E-state index contributed by atoms with van der Waals surface area (Å²) in [5.74, 6) is 0.312. The average Bonchev–Trinajstić information content (AvgIpc) is 2.76. The van der Waals surface area contributed by atoms with E-state index in [1.54, 1.807) is 6.07 Å². The van der Waals surface area contributed by atoms with Gasteiger partial charge in [0.2, 0.25) is 5.91 Å². The molecule has 1 aromatic carbocycles. The van der Waals surface area contributed by atoms with E-state index in [0.717, 1.165) is 12.1 Å². The van der Waals surface area contributed by atoms with Crippen molar-refractivity contribution in [2.45, 2.75) is 13.8 Å². The minimum Gasteiger partial charge on any atom is -0.325 e. The second-order valence-corrected chi connectivity index (χ2v) is 4.84. The van der Waals surface area contributed by atoms with Gasteiger partial charge in [-0.15, -0.1) is 0 Å². The molecule has 0 aromatic heterocycles. The van der Waals surface area contributed by atoms with Crippen molar-refractivity contribution >= 4 is 11.6 Å². The normalized spacial score (nSPS) is 22.5. The van der Waals surface area contributed by atoms with E-state index in [1.165, 1.54) is 0 Å². The maximum atomic E-state index is 12.1. The first-order chi connectivity index (χ1) is 8.63. The summed E-state index contributed by atoms with van der Waals surface area (Å²) in [6.07, 6.45) is 0. The number of aryl methyl sites for hydroxylation is 1. The summed E-state index contributed by atoms with van der Waals surface area (Å²) in [5, 5.41) is 15.2. The molecular weight excluding hydrogens is 226 g/mol. The molecular formula is C14H17N3O. The van der Waals surface area contributed by atoms with E-state index in [4.69, 9.17) is 5.26 Å². The summed E-state index contributed by atoms with van der Waals surface area (Å²) in [6.45, 7) is 5.51. The molecule has 4 heteroatoms. The number of carbonyl (C=O) groups is 1. The fourth-order valence-electron chi connectivity index (χ4n) is 2.31. The van der Waals surface area contributed by atoms with Crippen molar-refractivity contribution in [2.24, 2.45) is 11.8 Å². The van der Waals surface area contributed by atoms with E-state index in [-0.39, 0.29) is 11.8 Å². The Balaban J connectivity index is 2.17. The van der Waals surface area contributed by atoms with Crippen LogP contribution in [0.15, 0.2) is 18.2 Å². The molecule has 1 aliphatic rings. The van der Waals surface area contributed by atoms with Gasteiger partial charge in [-0.1, -0.05) is 19.1 Å². The number of nitriles is 1. The Labute approximate surface area is 107 Å². The van der Waals surface area contributed by atoms with Gasteiger partial charge in [0.1, 0.15) is 6.07 Å². The number of nitrogens with one attached hydrogen (secondary N) is 2. The molecule has 1 amide bonds. The fraction of sp³-hybridized carbons (Fsp3) is 0.429. The SMILES string of the molecule is Cc1cccc(NC(=O)C2CNCC2C)c1C#N. The smallest absolute Gasteiger partial charge is 0.229 e. The monoisotopic (exact) mass is 243 g/mol. The first kappa shape index (κ1) is 12.6. The van der Waals surface area contributed by atoms with Crippen molar-refractivity contribution < 1.29 is 4.79 Å². The lowest BCUT2D eigenvalue weighted by molar-refractivity contribution is -0.120. The van der Waals surface area contributed by atoms with Gasteiger partial charge in [0.25, 0.3) is 0 Å². The Hall–Kier alpha value is -1.86. The van der Waals surface area contributed by atoms with E-state index in [0.29, 0.717) is 23.7 Å². The molecule has 1 heterocycles. The zero-order valence-electron chi connectivity index (χ0n) is 10.7.